The molecule has 3 heteroatoms. The first kappa shape index (κ1) is 20.4. The molecule has 27 heavy (non-hydrogen) atoms. The predicted octanol–water partition coefficient (Wildman–Crippen LogP) is 7.22. The van der Waals surface area contributed by atoms with Crippen LogP contribution < -0.4 is 0 Å². The molecule has 156 valence electrons. The fourth-order valence-corrected chi connectivity index (χ4v) is 13.3. The Morgan fingerprint density at radius 2 is 1.00 bits per heavy atom. The number of fused-ring (bicyclic) bond motifs is 2. The van der Waals surface area contributed by atoms with Gasteiger partial charge < -0.3 is 8.85 Å². The fourth-order valence-electron chi connectivity index (χ4n) is 7.56. The van der Waals surface area contributed by atoms with E-state index in [4.69, 9.17) is 8.85 Å². The SMILES string of the molecule is CCO[Si](OCC)(C1CC2CCCCCCC21)C1CC2CCCCCCC21. The van der Waals surface area contributed by atoms with Crippen LogP contribution in [0.4, 0.5) is 0 Å². The largest absolute Gasteiger partial charge is 0.394 e. The van der Waals surface area contributed by atoms with E-state index >= 15 is 0 Å². The first-order valence-electron chi connectivity index (χ1n) is 12.6. The molecular formula is C24H44O2Si. The second-order valence-corrected chi connectivity index (χ2v) is 13.6. The number of hydrogen-bond acceptors (Lipinski definition) is 2. The summed E-state index contributed by atoms with van der Waals surface area (Å²) >= 11 is 0. The van der Waals surface area contributed by atoms with Crippen LogP contribution in [0.5, 0.6) is 0 Å². The molecule has 4 fully saturated rings. The smallest absolute Gasteiger partial charge is 0.345 e. The van der Waals surface area contributed by atoms with Crippen molar-refractivity contribution in [1.29, 1.82) is 0 Å². The van der Waals surface area contributed by atoms with E-state index in [9.17, 15) is 0 Å². The second kappa shape index (κ2) is 9.30. The Balaban J connectivity index is 1.54. The highest BCUT2D eigenvalue weighted by molar-refractivity contribution is 6.71. The van der Waals surface area contributed by atoms with Gasteiger partial charge in [-0.1, -0.05) is 77.0 Å². The highest BCUT2D eigenvalue weighted by Gasteiger charge is 2.65. The Labute approximate surface area is 169 Å². The molecular weight excluding hydrogens is 348 g/mol. The van der Waals surface area contributed by atoms with Crippen LogP contribution in [0.15, 0.2) is 0 Å². The van der Waals surface area contributed by atoms with Gasteiger partial charge in [-0.2, -0.15) is 0 Å². The molecule has 4 saturated carbocycles. The summed E-state index contributed by atoms with van der Waals surface area (Å²) in [7, 11) is -2.12. The zero-order valence-electron chi connectivity index (χ0n) is 18.1. The lowest BCUT2D eigenvalue weighted by molar-refractivity contribution is 0.0322. The molecule has 0 bridgehead atoms. The first-order chi connectivity index (χ1) is 13.3. The summed E-state index contributed by atoms with van der Waals surface area (Å²) < 4.78 is 13.7. The van der Waals surface area contributed by atoms with E-state index in [1.54, 1.807) is 0 Å². The van der Waals surface area contributed by atoms with Gasteiger partial charge in [0.05, 0.1) is 0 Å². The first-order valence-corrected chi connectivity index (χ1v) is 14.5. The predicted molar refractivity (Wildman–Crippen MR) is 115 cm³/mol. The molecule has 4 aliphatic carbocycles. The van der Waals surface area contributed by atoms with Gasteiger partial charge in [0.15, 0.2) is 0 Å². The van der Waals surface area contributed by atoms with E-state index in [0.717, 1.165) is 48.0 Å². The monoisotopic (exact) mass is 392 g/mol. The molecule has 0 aromatic rings. The lowest BCUT2D eigenvalue weighted by Gasteiger charge is -2.60. The molecule has 2 nitrogen and oxygen atoms in total. The fraction of sp³-hybridized carbons (Fsp3) is 1.00. The van der Waals surface area contributed by atoms with Crippen molar-refractivity contribution in [2.45, 2.75) is 115 Å². The maximum Gasteiger partial charge on any atom is 0.345 e. The molecule has 4 aliphatic rings. The highest BCUT2D eigenvalue weighted by Crippen LogP contribution is 2.65. The molecule has 4 rings (SSSR count). The third-order valence-corrected chi connectivity index (χ3v) is 13.7. The molecule has 0 heterocycles. The Morgan fingerprint density at radius 1 is 0.593 bits per heavy atom. The maximum absolute atomic E-state index is 6.84. The molecule has 0 saturated heterocycles. The summed E-state index contributed by atoms with van der Waals surface area (Å²) in [5.74, 6) is 3.86. The number of rotatable bonds is 6. The van der Waals surface area contributed by atoms with Crippen LogP contribution in [0, 0.1) is 23.7 Å². The molecule has 6 atom stereocenters. The van der Waals surface area contributed by atoms with Crippen molar-refractivity contribution in [2.24, 2.45) is 23.7 Å². The normalized spacial score (nSPS) is 40.2. The molecule has 0 aromatic carbocycles. The highest BCUT2D eigenvalue weighted by atomic mass is 28.4. The Hall–Kier alpha value is 0.137. The summed E-state index contributed by atoms with van der Waals surface area (Å²) in [6.45, 7) is 6.19. The summed E-state index contributed by atoms with van der Waals surface area (Å²) in [5.41, 5.74) is 1.61. The average Bonchev–Trinajstić information content (AvgIpc) is 2.60. The third-order valence-electron chi connectivity index (χ3n) is 8.86. The molecule has 0 radical (unpaired) electrons. The standard InChI is InChI=1S/C24H44O2Si/c1-3-25-27(26-4-2,23-17-19-13-9-5-7-11-15-21(19)23)24-18-20-14-10-6-8-12-16-22(20)24/h19-24H,3-18H2,1-2H3. The van der Waals surface area contributed by atoms with Crippen molar-refractivity contribution in [3.05, 3.63) is 0 Å². The van der Waals surface area contributed by atoms with Gasteiger partial charge >= 0.3 is 8.56 Å². The van der Waals surface area contributed by atoms with E-state index in [0.29, 0.717) is 0 Å². The zero-order valence-corrected chi connectivity index (χ0v) is 19.1. The Bertz CT molecular complexity index is 425. The topological polar surface area (TPSA) is 18.5 Å². The zero-order chi connectivity index (χ0) is 18.7. The van der Waals surface area contributed by atoms with E-state index in [1.807, 2.05) is 0 Å². The quantitative estimate of drug-likeness (QED) is 0.444. The Kier molecular flexibility index (Phi) is 7.03. The van der Waals surface area contributed by atoms with E-state index in [-0.39, 0.29) is 0 Å². The van der Waals surface area contributed by atoms with Crippen molar-refractivity contribution in [1.82, 2.24) is 0 Å². The van der Waals surface area contributed by atoms with Crippen molar-refractivity contribution in [3.63, 3.8) is 0 Å². The molecule has 0 amide bonds. The van der Waals surface area contributed by atoms with Crippen LogP contribution in [-0.4, -0.2) is 21.8 Å². The van der Waals surface area contributed by atoms with Gasteiger partial charge in [-0.15, -0.1) is 0 Å². The van der Waals surface area contributed by atoms with Gasteiger partial charge in [0.1, 0.15) is 0 Å². The van der Waals surface area contributed by atoms with Gasteiger partial charge in [0.25, 0.3) is 0 Å². The summed E-state index contributed by atoms with van der Waals surface area (Å²) in [6.07, 6.45) is 20.5. The summed E-state index contributed by atoms with van der Waals surface area (Å²) in [5, 5.41) is 0. The van der Waals surface area contributed by atoms with Crippen LogP contribution in [-0.2, 0) is 8.85 Å². The molecule has 0 spiro atoms. The van der Waals surface area contributed by atoms with E-state index in [2.05, 4.69) is 13.8 Å². The van der Waals surface area contributed by atoms with E-state index in [1.165, 1.54) is 89.9 Å². The average molecular weight is 393 g/mol. The minimum Gasteiger partial charge on any atom is -0.394 e. The van der Waals surface area contributed by atoms with Crippen molar-refractivity contribution in [3.8, 4) is 0 Å². The van der Waals surface area contributed by atoms with Gasteiger partial charge in [-0.25, -0.2) is 0 Å². The Morgan fingerprint density at radius 3 is 1.41 bits per heavy atom. The lowest BCUT2D eigenvalue weighted by atomic mass is 9.66. The van der Waals surface area contributed by atoms with Gasteiger partial charge in [-0.05, 0) is 50.4 Å². The van der Waals surface area contributed by atoms with Crippen LogP contribution in [0.3, 0.4) is 0 Å². The van der Waals surface area contributed by atoms with Crippen LogP contribution >= 0.6 is 0 Å². The molecule has 0 N–H and O–H groups in total. The number of hydrogen-bond donors (Lipinski definition) is 0. The van der Waals surface area contributed by atoms with Crippen LogP contribution in [0.2, 0.25) is 11.1 Å². The molecule has 6 unspecified atom stereocenters. The van der Waals surface area contributed by atoms with Crippen molar-refractivity contribution < 1.29 is 8.85 Å². The maximum atomic E-state index is 6.84. The minimum absolute atomic E-state index is 0.803. The van der Waals surface area contributed by atoms with E-state index < -0.39 is 8.56 Å². The van der Waals surface area contributed by atoms with Crippen molar-refractivity contribution >= 4 is 8.56 Å². The van der Waals surface area contributed by atoms with Gasteiger partial charge in [-0.3, -0.25) is 0 Å². The molecule has 0 aliphatic heterocycles. The van der Waals surface area contributed by atoms with Crippen molar-refractivity contribution in [2.75, 3.05) is 13.2 Å². The van der Waals surface area contributed by atoms with Crippen LogP contribution in [0.1, 0.15) is 104 Å². The lowest BCUT2D eigenvalue weighted by Crippen LogP contribution is -2.63. The van der Waals surface area contributed by atoms with Crippen LogP contribution in [0.25, 0.3) is 0 Å². The summed E-state index contributed by atoms with van der Waals surface area (Å²) in [4.78, 5) is 0. The summed E-state index contributed by atoms with van der Waals surface area (Å²) in [6, 6.07) is 0. The second-order valence-electron chi connectivity index (χ2n) is 10.1. The minimum atomic E-state index is -2.12. The van der Waals surface area contributed by atoms with Gasteiger partial charge in [0, 0.05) is 24.3 Å². The third kappa shape index (κ3) is 3.94. The molecule has 0 aromatic heterocycles. The van der Waals surface area contributed by atoms with Gasteiger partial charge in [0.2, 0.25) is 0 Å².